The number of nitrogen functional groups attached to an aromatic ring is 1. The van der Waals surface area contributed by atoms with E-state index in [2.05, 4.69) is 15.3 Å². The van der Waals surface area contributed by atoms with Gasteiger partial charge in [-0.15, -0.1) is 9.78 Å². The first kappa shape index (κ1) is 11.4. The molecule has 0 saturated carbocycles. The first-order chi connectivity index (χ1) is 6.59. The van der Waals surface area contributed by atoms with E-state index in [1.807, 2.05) is 0 Å². The van der Waals surface area contributed by atoms with Gasteiger partial charge < -0.3 is 12.4 Å². The van der Waals surface area contributed by atoms with Gasteiger partial charge in [0.05, 0.1) is 12.1 Å². The lowest BCUT2D eigenvalue weighted by molar-refractivity contribution is -0.632. The number of carbonyl (C=O) groups excluding carboxylic acids is 1. The largest absolute Gasteiger partial charge is 1.00 e. The SMILES string of the molecule is CC1=NN(c2n[nH]c(C)[n+]2N)C(=O)C1.[Cl-]. The molecule has 2 rings (SSSR count). The van der Waals surface area contributed by atoms with Gasteiger partial charge in [0.25, 0.3) is 5.91 Å². The summed E-state index contributed by atoms with van der Waals surface area (Å²) in [6.07, 6.45) is 0.325. The zero-order valence-corrected chi connectivity index (χ0v) is 9.12. The summed E-state index contributed by atoms with van der Waals surface area (Å²) in [7, 11) is 0. The van der Waals surface area contributed by atoms with E-state index in [4.69, 9.17) is 5.84 Å². The van der Waals surface area contributed by atoms with Crippen LogP contribution in [-0.2, 0) is 4.79 Å². The van der Waals surface area contributed by atoms with Crippen molar-refractivity contribution in [3.8, 4) is 0 Å². The lowest BCUT2D eigenvalue weighted by Crippen LogP contribution is -3.00. The van der Waals surface area contributed by atoms with Gasteiger partial charge in [0.1, 0.15) is 0 Å². The molecule has 1 aromatic rings. The van der Waals surface area contributed by atoms with E-state index in [1.165, 1.54) is 9.69 Å². The molecule has 0 radical (unpaired) electrons. The Morgan fingerprint density at radius 1 is 1.53 bits per heavy atom. The van der Waals surface area contributed by atoms with Crippen LogP contribution < -0.4 is 27.9 Å². The van der Waals surface area contributed by atoms with Crippen molar-refractivity contribution in [2.45, 2.75) is 20.3 Å². The number of hydrazone groups is 1. The molecule has 2 heterocycles. The third kappa shape index (κ3) is 1.78. The van der Waals surface area contributed by atoms with Gasteiger partial charge >= 0.3 is 5.95 Å². The Labute approximate surface area is 92.3 Å². The number of aromatic amines is 1. The first-order valence-corrected chi connectivity index (χ1v) is 4.18. The summed E-state index contributed by atoms with van der Waals surface area (Å²) in [6.45, 7) is 3.55. The first-order valence-electron chi connectivity index (χ1n) is 4.18. The van der Waals surface area contributed by atoms with Crippen molar-refractivity contribution in [1.82, 2.24) is 10.2 Å². The second kappa shape index (κ2) is 3.85. The summed E-state index contributed by atoms with van der Waals surface area (Å²) in [5, 5.41) is 11.8. The zero-order chi connectivity index (χ0) is 10.3. The minimum atomic E-state index is -0.117. The molecule has 15 heavy (non-hydrogen) atoms. The van der Waals surface area contributed by atoms with E-state index in [0.717, 1.165) is 5.71 Å². The lowest BCUT2D eigenvalue weighted by atomic mass is 10.3. The fourth-order valence-corrected chi connectivity index (χ4v) is 1.25. The number of carbonyl (C=O) groups is 1. The zero-order valence-electron chi connectivity index (χ0n) is 8.36. The second-order valence-corrected chi connectivity index (χ2v) is 3.20. The van der Waals surface area contributed by atoms with Crippen LogP contribution in [0.25, 0.3) is 0 Å². The molecule has 0 spiro atoms. The molecule has 7 nitrogen and oxygen atoms in total. The van der Waals surface area contributed by atoms with Crippen molar-refractivity contribution >= 4 is 17.6 Å². The van der Waals surface area contributed by atoms with Crippen molar-refractivity contribution in [3.63, 3.8) is 0 Å². The number of nitrogens with zero attached hydrogens (tertiary/aromatic N) is 4. The fourth-order valence-electron chi connectivity index (χ4n) is 1.25. The number of nitrogens with two attached hydrogens (primary N) is 1. The number of hydrogen-bond donors (Lipinski definition) is 2. The lowest BCUT2D eigenvalue weighted by Gasteiger charge is -2.00. The molecule has 0 unspecified atom stereocenters. The smallest absolute Gasteiger partial charge is 0.431 e. The van der Waals surface area contributed by atoms with E-state index in [1.54, 1.807) is 13.8 Å². The van der Waals surface area contributed by atoms with Crippen LogP contribution >= 0.6 is 0 Å². The van der Waals surface area contributed by atoms with Crippen molar-refractivity contribution in [3.05, 3.63) is 5.82 Å². The number of anilines is 1. The maximum atomic E-state index is 11.4. The highest BCUT2D eigenvalue weighted by Crippen LogP contribution is 2.13. The Kier molecular flexibility index (Phi) is 2.94. The predicted octanol–water partition coefficient (Wildman–Crippen LogP) is -4.16. The summed E-state index contributed by atoms with van der Waals surface area (Å²) in [5.74, 6) is 6.50. The maximum absolute atomic E-state index is 11.4. The van der Waals surface area contributed by atoms with Gasteiger partial charge in [0.2, 0.25) is 5.82 Å². The molecule has 8 heteroatoms. The summed E-state index contributed by atoms with van der Waals surface area (Å²) < 4.78 is 1.29. The van der Waals surface area contributed by atoms with E-state index in [-0.39, 0.29) is 18.3 Å². The number of rotatable bonds is 1. The summed E-state index contributed by atoms with van der Waals surface area (Å²) >= 11 is 0. The number of aromatic nitrogens is 3. The van der Waals surface area contributed by atoms with E-state index >= 15 is 0 Å². The van der Waals surface area contributed by atoms with Crippen LogP contribution in [0.4, 0.5) is 5.95 Å². The van der Waals surface area contributed by atoms with Gasteiger partial charge in [0, 0.05) is 12.0 Å². The van der Waals surface area contributed by atoms with Crippen molar-refractivity contribution in [1.29, 1.82) is 0 Å². The highest BCUT2D eigenvalue weighted by molar-refractivity contribution is 6.11. The quantitative estimate of drug-likeness (QED) is 0.379. The Morgan fingerprint density at radius 3 is 2.60 bits per heavy atom. The van der Waals surface area contributed by atoms with Gasteiger partial charge in [-0.05, 0) is 6.92 Å². The Morgan fingerprint density at radius 2 is 2.20 bits per heavy atom. The molecule has 0 aliphatic carbocycles. The fraction of sp³-hybridized carbons (Fsp3) is 0.429. The molecule has 1 aliphatic heterocycles. The molecule has 0 aromatic carbocycles. The molecule has 1 amide bonds. The average molecular weight is 231 g/mol. The molecule has 3 N–H and O–H groups in total. The molecule has 0 saturated heterocycles. The summed E-state index contributed by atoms with van der Waals surface area (Å²) in [4.78, 5) is 11.4. The second-order valence-electron chi connectivity index (χ2n) is 3.20. The summed E-state index contributed by atoms with van der Waals surface area (Å²) in [5.41, 5.74) is 0.760. The molecular weight excluding hydrogens is 220 g/mol. The Bertz CT molecular complexity index is 425. The number of amides is 1. The van der Waals surface area contributed by atoms with Crippen LogP contribution in [0.5, 0.6) is 0 Å². The number of aryl methyl sites for hydroxylation is 1. The van der Waals surface area contributed by atoms with Crippen LogP contribution in [0.15, 0.2) is 5.10 Å². The molecule has 82 valence electrons. The maximum Gasteiger partial charge on any atom is 0.431 e. The van der Waals surface area contributed by atoms with Crippen LogP contribution in [0, 0.1) is 6.92 Å². The third-order valence-corrected chi connectivity index (χ3v) is 2.00. The number of H-pyrrole nitrogens is 1. The Balaban J connectivity index is 0.00000112. The third-order valence-electron chi connectivity index (χ3n) is 2.00. The van der Waals surface area contributed by atoms with Gasteiger partial charge in [-0.3, -0.25) is 10.6 Å². The van der Waals surface area contributed by atoms with Gasteiger partial charge in [-0.1, -0.05) is 5.01 Å². The molecule has 0 fully saturated rings. The number of halogens is 1. The number of nitrogens with one attached hydrogen (secondary N) is 1. The molecule has 1 aliphatic rings. The highest BCUT2D eigenvalue weighted by Gasteiger charge is 2.33. The van der Waals surface area contributed by atoms with Crippen LogP contribution in [0.1, 0.15) is 19.2 Å². The predicted molar refractivity (Wildman–Crippen MR) is 48.9 cm³/mol. The molecule has 0 atom stereocenters. The molecule has 1 aromatic heterocycles. The van der Waals surface area contributed by atoms with Crippen LogP contribution in [-0.4, -0.2) is 21.8 Å². The van der Waals surface area contributed by atoms with Gasteiger partial charge in [-0.25, -0.2) is 0 Å². The molecule has 0 bridgehead atoms. The van der Waals surface area contributed by atoms with E-state index in [0.29, 0.717) is 18.2 Å². The minimum Gasteiger partial charge on any atom is -1.00 e. The van der Waals surface area contributed by atoms with Crippen LogP contribution in [0.2, 0.25) is 0 Å². The standard InChI is InChI=1S/C7H10N6O.ClH/c1-4-3-6(14)13(11-4)7-10-9-5(2)12(7)8;/h3,8H2,1-2H3;1H. The van der Waals surface area contributed by atoms with Gasteiger partial charge in [0.15, 0.2) is 0 Å². The normalized spacial score (nSPS) is 15.2. The van der Waals surface area contributed by atoms with E-state index in [9.17, 15) is 4.79 Å². The van der Waals surface area contributed by atoms with Gasteiger partial charge in [-0.2, -0.15) is 5.10 Å². The Hall–Kier alpha value is -1.63. The highest BCUT2D eigenvalue weighted by atomic mass is 35.5. The minimum absolute atomic E-state index is 0. The van der Waals surface area contributed by atoms with Crippen molar-refractivity contribution < 1.29 is 21.9 Å². The van der Waals surface area contributed by atoms with Crippen LogP contribution in [0.3, 0.4) is 0 Å². The monoisotopic (exact) mass is 230 g/mol. The number of hydrogen-bond acceptors (Lipinski definition) is 4. The van der Waals surface area contributed by atoms with Crippen molar-refractivity contribution in [2.75, 3.05) is 10.9 Å². The topological polar surface area (TPSA) is 91.2 Å². The average Bonchev–Trinajstić information content (AvgIpc) is 2.59. The van der Waals surface area contributed by atoms with Crippen molar-refractivity contribution in [2.24, 2.45) is 5.10 Å². The summed E-state index contributed by atoms with van der Waals surface area (Å²) in [6, 6.07) is 0. The van der Waals surface area contributed by atoms with E-state index < -0.39 is 0 Å². The molecular formula is C7H11ClN6O.